The molecular weight excluding hydrogens is 272 g/mol. The van der Waals surface area contributed by atoms with Crippen LogP contribution in [0.1, 0.15) is 22.4 Å². The molecular formula is C15H20N2O2S. The average Bonchev–Trinajstić information content (AvgIpc) is 2.85. The van der Waals surface area contributed by atoms with Gasteiger partial charge in [0.2, 0.25) is 0 Å². The van der Waals surface area contributed by atoms with Gasteiger partial charge in [-0.15, -0.1) is 11.3 Å². The lowest BCUT2D eigenvalue weighted by molar-refractivity contribution is 0.310. The quantitative estimate of drug-likeness (QED) is 0.851. The molecule has 0 bridgehead atoms. The van der Waals surface area contributed by atoms with Crippen molar-refractivity contribution in [3.8, 4) is 11.5 Å². The van der Waals surface area contributed by atoms with Crippen LogP contribution in [0.25, 0.3) is 0 Å². The number of nitrogens with zero attached hydrogens (tertiary/aromatic N) is 1. The summed E-state index contributed by atoms with van der Waals surface area (Å²) in [5.74, 6) is 1.57. The van der Waals surface area contributed by atoms with Gasteiger partial charge in [0.05, 0.1) is 18.7 Å². The molecule has 0 saturated carbocycles. The highest BCUT2D eigenvalue weighted by Crippen LogP contribution is 2.28. The molecule has 0 radical (unpaired) electrons. The van der Waals surface area contributed by atoms with Gasteiger partial charge in [0.25, 0.3) is 0 Å². The molecule has 5 heteroatoms. The zero-order chi connectivity index (χ0) is 14.4. The van der Waals surface area contributed by atoms with E-state index < -0.39 is 0 Å². The highest BCUT2D eigenvalue weighted by molar-refractivity contribution is 7.11. The Balaban J connectivity index is 1.93. The standard InChI is InChI=1S/C15H20N2O2S/c1-4-19-15-7-12(5-6-14(15)18-3)8-16-9-13-10-17-11(2)20-13/h5-7,10,16H,4,8-9H2,1-3H3. The Kier molecular flexibility index (Phi) is 5.38. The number of aromatic nitrogens is 1. The maximum atomic E-state index is 5.58. The fourth-order valence-electron chi connectivity index (χ4n) is 1.92. The molecule has 0 amide bonds. The minimum atomic E-state index is 0.632. The Morgan fingerprint density at radius 2 is 2.10 bits per heavy atom. The molecule has 0 fully saturated rings. The van der Waals surface area contributed by atoms with Crippen LogP contribution in [0.3, 0.4) is 0 Å². The second kappa shape index (κ2) is 7.26. The summed E-state index contributed by atoms with van der Waals surface area (Å²) in [5, 5.41) is 4.51. The molecule has 0 aliphatic rings. The van der Waals surface area contributed by atoms with Crippen LogP contribution in [-0.4, -0.2) is 18.7 Å². The van der Waals surface area contributed by atoms with Gasteiger partial charge >= 0.3 is 0 Å². The largest absolute Gasteiger partial charge is 0.493 e. The highest BCUT2D eigenvalue weighted by Gasteiger charge is 2.05. The molecule has 1 N–H and O–H groups in total. The number of methoxy groups -OCH3 is 1. The first-order chi connectivity index (χ1) is 9.72. The Bertz CT molecular complexity index is 555. The molecule has 0 unspecified atom stereocenters. The first-order valence-corrected chi connectivity index (χ1v) is 7.46. The molecule has 1 heterocycles. The number of benzene rings is 1. The molecule has 4 nitrogen and oxygen atoms in total. The second-order valence-corrected chi connectivity index (χ2v) is 5.69. The minimum Gasteiger partial charge on any atom is -0.493 e. The third kappa shape index (κ3) is 3.95. The normalized spacial score (nSPS) is 10.6. The van der Waals surface area contributed by atoms with Crippen LogP contribution in [0.4, 0.5) is 0 Å². The van der Waals surface area contributed by atoms with Crippen molar-refractivity contribution in [2.75, 3.05) is 13.7 Å². The van der Waals surface area contributed by atoms with Gasteiger partial charge in [0, 0.05) is 24.2 Å². The van der Waals surface area contributed by atoms with Gasteiger partial charge in [0.15, 0.2) is 11.5 Å². The Labute approximate surface area is 123 Å². The predicted molar refractivity (Wildman–Crippen MR) is 81.6 cm³/mol. The van der Waals surface area contributed by atoms with Crippen molar-refractivity contribution >= 4 is 11.3 Å². The number of hydrogen-bond acceptors (Lipinski definition) is 5. The van der Waals surface area contributed by atoms with Gasteiger partial charge in [0.1, 0.15) is 0 Å². The second-order valence-electron chi connectivity index (χ2n) is 4.37. The summed E-state index contributed by atoms with van der Waals surface area (Å²) in [5.41, 5.74) is 1.18. The molecule has 1 aromatic carbocycles. The number of aryl methyl sites for hydroxylation is 1. The topological polar surface area (TPSA) is 43.4 Å². The first-order valence-electron chi connectivity index (χ1n) is 6.64. The van der Waals surface area contributed by atoms with Crippen LogP contribution in [-0.2, 0) is 13.1 Å². The zero-order valence-corrected chi connectivity index (χ0v) is 12.9. The highest BCUT2D eigenvalue weighted by atomic mass is 32.1. The summed E-state index contributed by atoms with van der Waals surface area (Å²) in [4.78, 5) is 5.50. The van der Waals surface area contributed by atoms with Crippen molar-refractivity contribution < 1.29 is 9.47 Å². The summed E-state index contributed by atoms with van der Waals surface area (Å²) < 4.78 is 10.9. The van der Waals surface area contributed by atoms with Crippen molar-refractivity contribution in [2.24, 2.45) is 0 Å². The fraction of sp³-hybridized carbons (Fsp3) is 0.400. The van der Waals surface area contributed by atoms with Crippen molar-refractivity contribution in [1.82, 2.24) is 10.3 Å². The molecule has 0 aliphatic heterocycles. The predicted octanol–water partition coefficient (Wildman–Crippen LogP) is 3.15. The molecule has 2 rings (SSSR count). The SMILES string of the molecule is CCOc1cc(CNCc2cnc(C)s2)ccc1OC. The minimum absolute atomic E-state index is 0.632. The van der Waals surface area contributed by atoms with E-state index in [9.17, 15) is 0 Å². The number of ether oxygens (including phenoxy) is 2. The van der Waals surface area contributed by atoms with Gasteiger partial charge in [-0.1, -0.05) is 6.07 Å². The van der Waals surface area contributed by atoms with E-state index in [1.165, 1.54) is 10.4 Å². The summed E-state index contributed by atoms with van der Waals surface area (Å²) in [6.45, 7) is 6.25. The fourth-order valence-corrected chi connectivity index (χ4v) is 2.68. The van der Waals surface area contributed by atoms with Crippen molar-refractivity contribution in [3.05, 3.63) is 39.8 Å². The third-order valence-corrected chi connectivity index (χ3v) is 3.74. The molecule has 0 aliphatic carbocycles. The molecule has 2 aromatic rings. The van der Waals surface area contributed by atoms with Gasteiger partial charge in [-0.25, -0.2) is 4.98 Å². The number of hydrogen-bond donors (Lipinski definition) is 1. The van der Waals surface area contributed by atoms with Crippen LogP contribution >= 0.6 is 11.3 Å². The number of rotatable bonds is 7. The lowest BCUT2D eigenvalue weighted by atomic mass is 10.2. The van der Waals surface area contributed by atoms with Crippen LogP contribution in [0, 0.1) is 6.92 Å². The third-order valence-electron chi connectivity index (χ3n) is 2.83. The van der Waals surface area contributed by atoms with Crippen LogP contribution in [0.5, 0.6) is 11.5 Å². The van der Waals surface area contributed by atoms with E-state index in [1.807, 2.05) is 38.2 Å². The zero-order valence-electron chi connectivity index (χ0n) is 12.1. The Morgan fingerprint density at radius 1 is 1.25 bits per heavy atom. The van der Waals surface area contributed by atoms with Crippen LogP contribution in [0.2, 0.25) is 0 Å². The van der Waals surface area contributed by atoms with E-state index in [-0.39, 0.29) is 0 Å². The maximum absolute atomic E-state index is 5.58. The van der Waals surface area contributed by atoms with E-state index >= 15 is 0 Å². The molecule has 20 heavy (non-hydrogen) atoms. The lowest BCUT2D eigenvalue weighted by Crippen LogP contribution is -2.12. The molecule has 0 atom stereocenters. The van der Waals surface area contributed by atoms with Gasteiger partial charge in [-0.3, -0.25) is 0 Å². The summed E-state index contributed by atoms with van der Waals surface area (Å²) in [6.07, 6.45) is 1.92. The molecule has 1 aromatic heterocycles. The Hall–Kier alpha value is -1.59. The van der Waals surface area contributed by atoms with E-state index in [4.69, 9.17) is 9.47 Å². The van der Waals surface area contributed by atoms with Crippen LogP contribution < -0.4 is 14.8 Å². The monoisotopic (exact) mass is 292 g/mol. The lowest BCUT2D eigenvalue weighted by Gasteiger charge is -2.11. The number of nitrogens with one attached hydrogen (secondary N) is 1. The van der Waals surface area contributed by atoms with E-state index in [2.05, 4.69) is 10.3 Å². The first kappa shape index (κ1) is 14.8. The molecule has 0 saturated heterocycles. The molecule has 0 spiro atoms. The van der Waals surface area contributed by atoms with Crippen LogP contribution in [0.15, 0.2) is 24.4 Å². The Morgan fingerprint density at radius 3 is 2.75 bits per heavy atom. The molecule has 108 valence electrons. The van der Waals surface area contributed by atoms with Crippen molar-refractivity contribution in [1.29, 1.82) is 0 Å². The van der Waals surface area contributed by atoms with Gasteiger partial charge in [-0.2, -0.15) is 0 Å². The van der Waals surface area contributed by atoms with E-state index in [1.54, 1.807) is 18.4 Å². The van der Waals surface area contributed by atoms with Crippen molar-refractivity contribution in [2.45, 2.75) is 26.9 Å². The van der Waals surface area contributed by atoms with Crippen molar-refractivity contribution in [3.63, 3.8) is 0 Å². The summed E-state index contributed by atoms with van der Waals surface area (Å²) in [7, 11) is 1.65. The van der Waals surface area contributed by atoms with E-state index in [0.717, 1.165) is 29.6 Å². The maximum Gasteiger partial charge on any atom is 0.161 e. The summed E-state index contributed by atoms with van der Waals surface area (Å²) in [6, 6.07) is 6.01. The average molecular weight is 292 g/mol. The number of thiazole rings is 1. The summed E-state index contributed by atoms with van der Waals surface area (Å²) >= 11 is 1.72. The van der Waals surface area contributed by atoms with Gasteiger partial charge < -0.3 is 14.8 Å². The van der Waals surface area contributed by atoms with E-state index in [0.29, 0.717) is 6.61 Å². The van der Waals surface area contributed by atoms with Gasteiger partial charge in [-0.05, 0) is 31.5 Å². The smallest absolute Gasteiger partial charge is 0.161 e.